The fourth-order valence-electron chi connectivity index (χ4n) is 2.88. The van der Waals surface area contributed by atoms with Crippen molar-refractivity contribution in [1.29, 1.82) is 0 Å². The van der Waals surface area contributed by atoms with Crippen LogP contribution < -0.4 is 10.5 Å². The van der Waals surface area contributed by atoms with Gasteiger partial charge in [-0.25, -0.2) is 9.48 Å². The normalized spacial score (nSPS) is 15.5. The molecule has 1 aliphatic rings. The maximum atomic E-state index is 12.5. The van der Waals surface area contributed by atoms with E-state index in [-0.39, 0.29) is 5.91 Å². The largest absolute Gasteiger partial charge is 0.416 e. The third-order valence-corrected chi connectivity index (χ3v) is 4.75. The van der Waals surface area contributed by atoms with Crippen molar-refractivity contribution >= 4 is 24.6 Å². The highest BCUT2D eigenvalue weighted by molar-refractivity contribution is 7.80. The van der Waals surface area contributed by atoms with Gasteiger partial charge < -0.3 is 20.3 Å². The summed E-state index contributed by atoms with van der Waals surface area (Å²) in [6.07, 6.45) is -0.460. The van der Waals surface area contributed by atoms with E-state index in [0.29, 0.717) is 37.8 Å². The molecule has 2 N–H and O–H groups in total. The molecule has 9 heteroatoms. The molecule has 1 atom stereocenters. The minimum atomic E-state index is -0.616. The van der Waals surface area contributed by atoms with Crippen molar-refractivity contribution < 1.29 is 14.3 Å². The molecule has 2 amide bonds. The highest BCUT2D eigenvalue weighted by Gasteiger charge is 2.28. The SMILES string of the molecule is Cc1cc(OC(=O)N2CCN(C(=O)[C@@H](N)CS)CC2)n(-c2ccccc2)n1. The average Bonchev–Trinajstić information content (AvgIpc) is 3.07. The summed E-state index contributed by atoms with van der Waals surface area (Å²) in [5, 5.41) is 4.39. The predicted molar refractivity (Wildman–Crippen MR) is 104 cm³/mol. The Morgan fingerprint density at radius 3 is 2.44 bits per heavy atom. The molecule has 3 rings (SSSR count). The molecule has 0 radical (unpaired) electrons. The van der Waals surface area contributed by atoms with Gasteiger partial charge in [-0.2, -0.15) is 17.7 Å². The number of hydrogen-bond acceptors (Lipinski definition) is 6. The van der Waals surface area contributed by atoms with Crippen LogP contribution in [0.25, 0.3) is 5.69 Å². The molecule has 0 bridgehead atoms. The molecule has 0 aliphatic carbocycles. The Morgan fingerprint density at radius 2 is 1.81 bits per heavy atom. The van der Waals surface area contributed by atoms with Gasteiger partial charge in [0.15, 0.2) is 0 Å². The molecule has 1 saturated heterocycles. The fraction of sp³-hybridized carbons (Fsp3) is 0.389. The number of ether oxygens (including phenoxy) is 1. The van der Waals surface area contributed by atoms with Gasteiger partial charge in [0.25, 0.3) is 0 Å². The van der Waals surface area contributed by atoms with Gasteiger partial charge in [0, 0.05) is 38.0 Å². The van der Waals surface area contributed by atoms with Crippen molar-refractivity contribution in [2.45, 2.75) is 13.0 Å². The summed E-state index contributed by atoms with van der Waals surface area (Å²) in [5.74, 6) is 0.513. The Balaban J connectivity index is 1.63. The van der Waals surface area contributed by atoms with Gasteiger partial charge in [0.05, 0.1) is 17.4 Å². The number of thiol groups is 1. The summed E-state index contributed by atoms with van der Waals surface area (Å²) in [6.45, 7) is 3.47. The molecular formula is C18H23N5O3S. The summed E-state index contributed by atoms with van der Waals surface area (Å²) >= 11 is 4.06. The van der Waals surface area contributed by atoms with E-state index >= 15 is 0 Å². The van der Waals surface area contributed by atoms with E-state index in [1.807, 2.05) is 37.3 Å². The van der Waals surface area contributed by atoms with Gasteiger partial charge in [-0.1, -0.05) is 18.2 Å². The van der Waals surface area contributed by atoms with Crippen molar-refractivity contribution in [2.75, 3.05) is 31.9 Å². The number of piperazine rings is 1. The molecule has 1 aromatic heterocycles. The van der Waals surface area contributed by atoms with E-state index in [4.69, 9.17) is 10.5 Å². The standard InChI is InChI=1S/C18H23N5O3S/c1-13-11-16(23(20-13)14-5-3-2-4-6-14)26-18(25)22-9-7-21(8-10-22)17(24)15(19)12-27/h2-6,11,15,27H,7-10,12,19H2,1H3/t15-/m0/s1. The molecule has 1 aromatic carbocycles. The van der Waals surface area contributed by atoms with Crippen molar-refractivity contribution in [3.63, 3.8) is 0 Å². The first kappa shape index (κ1) is 19.2. The van der Waals surface area contributed by atoms with Crippen LogP contribution in [0.2, 0.25) is 0 Å². The van der Waals surface area contributed by atoms with Crippen LogP contribution in [0.3, 0.4) is 0 Å². The maximum absolute atomic E-state index is 12.5. The fourth-order valence-corrected chi connectivity index (χ4v) is 3.03. The Hall–Kier alpha value is -2.52. The second-order valence-electron chi connectivity index (χ2n) is 6.34. The molecule has 27 heavy (non-hydrogen) atoms. The molecule has 0 unspecified atom stereocenters. The summed E-state index contributed by atoms with van der Waals surface area (Å²) in [7, 11) is 0. The summed E-state index contributed by atoms with van der Waals surface area (Å²) < 4.78 is 7.17. The van der Waals surface area contributed by atoms with Crippen LogP contribution in [0, 0.1) is 6.92 Å². The van der Waals surface area contributed by atoms with Gasteiger partial charge >= 0.3 is 6.09 Å². The van der Waals surface area contributed by atoms with Crippen LogP contribution in [0.4, 0.5) is 4.79 Å². The topological polar surface area (TPSA) is 93.7 Å². The molecule has 8 nitrogen and oxygen atoms in total. The predicted octanol–water partition coefficient (Wildman–Crippen LogP) is 1.08. The van der Waals surface area contributed by atoms with E-state index in [1.165, 1.54) is 0 Å². The van der Waals surface area contributed by atoms with Crippen LogP contribution in [0.1, 0.15) is 5.69 Å². The van der Waals surface area contributed by atoms with Crippen molar-refractivity contribution in [2.24, 2.45) is 5.73 Å². The third-order valence-electron chi connectivity index (χ3n) is 4.35. The van der Waals surface area contributed by atoms with E-state index in [2.05, 4.69) is 17.7 Å². The lowest BCUT2D eigenvalue weighted by Gasteiger charge is -2.35. The lowest BCUT2D eigenvalue weighted by atomic mass is 10.2. The zero-order chi connectivity index (χ0) is 19.4. The number of hydrogen-bond donors (Lipinski definition) is 2. The van der Waals surface area contributed by atoms with E-state index in [0.717, 1.165) is 11.4 Å². The molecule has 0 saturated carbocycles. The number of aryl methyl sites for hydroxylation is 1. The maximum Gasteiger partial charge on any atom is 0.416 e. The van der Waals surface area contributed by atoms with Crippen LogP contribution in [-0.2, 0) is 4.79 Å². The van der Waals surface area contributed by atoms with Gasteiger partial charge in [0.2, 0.25) is 11.8 Å². The van der Waals surface area contributed by atoms with E-state index in [9.17, 15) is 9.59 Å². The van der Waals surface area contributed by atoms with Gasteiger partial charge in [-0.3, -0.25) is 4.79 Å². The molecule has 1 fully saturated rings. The highest BCUT2D eigenvalue weighted by Crippen LogP contribution is 2.20. The average molecular weight is 389 g/mol. The number of carbonyl (C=O) groups is 2. The number of carbonyl (C=O) groups excluding carboxylic acids is 2. The number of nitrogens with two attached hydrogens (primary N) is 1. The number of aromatic nitrogens is 2. The molecule has 1 aliphatic heterocycles. The number of rotatable bonds is 4. The van der Waals surface area contributed by atoms with Crippen LogP contribution in [0.15, 0.2) is 36.4 Å². The lowest BCUT2D eigenvalue weighted by molar-refractivity contribution is -0.133. The molecule has 0 spiro atoms. The quantitative estimate of drug-likeness (QED) is 0.764. The zero-order valence-corrected chi connectivity index (χ0v) is 16.0. The lowest BCUT2D eigenvalue weighted by Crippen LogP contribution is -2.55. The highest BCUT2D eigenvalue weighted by atomic mass is 32.1. The van der Waals surface area contributed by atoms with Crippen molar-refractivity contribution in [3.8, 4) is 11.6 Å². The molecule has 2 heterocycles. The first-order chi connectivity index (χ1) is 13.0. The Labute approximate surface area is 163 Å². The van der Waals surface area contributed by atoms with E-state index < -0.39 is 12.1 Å². The minimum absolute atomic E-state index is 0.143. The second kappa shape index (κ2) is 8.45. The Kier molecular flexibility index (Phi) is 6.02. The number of nitrogens with zero attached hydrogens (tertiary/aromatic N) is 4. The number of amides is 2. The smallest absolute Gasteiger partial charge is 0.391 e. The van der Waals surface area contributed by atoms with Gasteiger partial charge in [-0.15, -0.1) is 0 Å². The van der Waals surface area contributed by atoms with Gasteiger partial charge in [-0.05, 0) is 19.1 Å². The summed E-state index contributed by atoms with van der Waals surface area (Å²) in [5.41, 5.74) is 7.29. The second-order valence-corrected chi connectivity index (χ2v) is 6.71. The van der Waals surface area contributed by atoms with Crippen LogP contribution in [-0.4, -0.2) is 69.6 Å². The number of benzene rings is 1. The summed E-state index contributed by atoms with van der Waals surface area (Å²) in [6, 6.07) is 10.6. The first-order valence-electron chi connectivity index (χ1n) is 8.73. The van der Waals surface area contributed by atoms with Crippen LogP contribution in [0.5, 0.6) is 5.88 Å². The molecular weight excluding hydrogens is 366 g/mol. The van der Waals surface area contributed by atoms with E-state index in [1.54, 1.807) is 20.5 Å². The third kappa shape index (κ3) is 4.42. The van der Waals surface area contributed by atoms with Crippen molar-refractivity contribution in [3.05, 3.63) is 42.1 Å². The molecule has 2 aromatic rings. The zero-order valence-electron chi connectivity index (χ0n) is 15.1. The Morgan fingerprint density at radius 1 is 1.19 bits per heavy atom. The molecule has 144 valence electrons. The van der Waals surface area contributed by atoms with Crippen LogP contribution >= 0.6 is 12.6 Å². The monoisotopic (exact) mass is 389 g/mol. The van der Waals surface area contributed by atoms with Crippen molar-refractivity contribution in [1.82, 2.24) is 19.6 Å². The first-order valence-corrected chi connectivity index (χ1v) is 9.37. The Bertz CT molecular complexity index is 803. The summed E-state index contributed by atoms with van der Waals surface area (Å²) in [4.78, 5) is 27.9. The minimum Gasteiger partial charge on any atom is -0.391 e. The number of para-hydroxylation sites is 1. The van der Waals surface area contributed by atoms with Gasteiger partial charge in [0.1, 0.15) is 0 Å².